The Kier molecular flexibility index (Phi) is 6.04. The van der Waals surface area contributed by atoms with Crippen LogP contribution in [0.25, 0.3) is 0 Å². The third-order valence-electron chi connectivity index (χ3n) is 2.10. The lowest BCUT2D eigenvalue weighted by molar-refractivity contribution is -0.153. The molecule has 0 unspecified atom stereocenters. The predicted octanol–water partition coefficient (Wildman–Crippen LogP) is 0.814. The van der Waals surface area contributed by atoms with Crippen LogP contribution in [0.4, 0.5) is 18.0 Å². The van der Waals surface area contributed by atoms with Crippen LogP contribution >= 0.6 is 0 Å². The number of carbonyl (C=O) groups is 1. The van der Waals surface area contributed by atoms with Crippen LogP contribution in [0.5, 0.6) is 5.75 Å². The van der Waals surface area contributed by atoms with Gasteiger partial charge in [0.25, 0.3) is 0 Å². The lowest BCUT2D eigenvalue weighted by Crippen LogP contribution is -2.36. The van der Waals surface area contributed by atoms with Crippen molar-refractivity contribution in [2.75, 3.05) is 19.8 Å². The van der Waals surface area contributed by atoms with Crippen LogP contribution in [0.15, 0.2) is 18.5 Å². The van der Waals surface area contributed by atoms with E-state index in [1.807, 2.05) is 0 Å². The van der Waals surface area contributed by atoms with Gasteiger partial charge in [0.2, 0.25) is 0 Å². The average Bonchev–Trinajstić information content (AvgIpc) is 2.40. The van der Waals surface area contributed by atoms with Gasteiger partial charge >= 0.3 is 12.2 Å². The third kappa shape index (κ3) is 6.23. The van der Waals surface area contributed by atoms with Crippen molar-refractivity contribution in [3.05, 3.63) is 24.0 Å². The number of aliphatic hydroxyl groups excluding tert-OH is 1. The van der Waals surface area contributed by atoms with E-state index in [-0.39, 0.29) is 25.4 Å². The molecule has 2 amide bonds. The van der Waals surface area contributed by atoms with Gasteiger partial charge in [-0.05, 0) is 6.07 Å². The third-order valence-corrected chi connectivity index (χ3v) is 2.10. The van der Waals surface area contributed by atoms with Crippen molar-refractivity contribution in [1.29, 1.82) is 0 Å². The van der Waals surface area contributed by atoms with Gasteiger partial charge in [0.05, 0.1) is 12.8 Å². The minimum atomic E-state index is -4.45. The van der Waals surface area contributed by atoms with Gasteiger partial charge in [0, 0.05) is 24.8 Å². The highest BCUT2D eigenvalue weighted by atomic mass is 19.4. The van der Waals surface area contributed by atoms with E-state index in [0.717, 1.165) is 6.20 Å². The molecule has 1 heterocycles. The average molecular weight is 293 g/mol. The molecular formula is C11H14F3N3O3. The van der Waals surface area contributed by atoms with Crippen molar-refractivity contribution in [3.8, 4) is 5.75 Å². The lowest BCUT2D eigenvalue weighted by atomic mass is 10.2. The van der Waals surface area contributed by atoms with Gasteiger partial charge in [-0.2, -0.15) is 13.2 Å². The molecule has 0 aliphatic rings. The number of rotatable bonds is 6. The second kappa shape index (κ2) is 7.53. The Labute approximate surface area is 113 Å². The van der Waals surface area contributed by atoms with Crippen molar-refractivity contribution in [2.24, 2.45) is 0 Å². The molecule has 0 saturated heterocycles. The zero-order valence-electron chi connectivity index (χ0n) is 10.4. The monoisotopic (exact) mass is 293 g/mol. The molecule has 0 aromatic carbocycles. The summed E-state index contributed by atoms with van der Waals surface area (Å²) in [6.07, 6.45) is -1.92. The molecule has 0 atom stereocenters. The molecule has 6 nitrogen and oxygen atoms in total. The summed E-state index contributed by atoms with van der Waals surface area (Å²) in [6, 6.07) is 0.899. The number of ether oxygens (including phenoxy) is 1. The molecule has 0 spiro atoms. The fraction of sp³-hybridized carbons (Fsp3) is 0.455. The topological polar surface area (TPSA) is 83.5 Å². The zero-order valence-corrected chi connectivity index (χ0v) is 10.4. The van der Waals surface area contributed by atoms with Crippen molar-refractivity contribution >= 4 is 6.03 Å². The van der Waals surface area contributed by atoms with Crippen molar-refractivity contribution in [2.45, 2.75) is 12.7 Å². The summed E-state index contributed by atoms with van der Waals surface area (Å²) >= 11 is 0. The molecule has 9 heteroatoms. The first-order valence-corrected chi connectivity index (χ1v) is 5.67. The van der Waals surface area contributed by atoms with Crippen LogP contribution in [-0.2, 0) is 6.54 Å². The minimum Gasteiger partial charge on any atom is -0.482 e. The molecular weight excluding hydrogens is 279 g/mol. The number of alkyl halides is 3. The first kappa shape index (κ1) is 16.0. The highest BCUT2D eigenvalue weighted by Gasteiger charge is 2.28. The van der Waals surface area contributed by atoms with E-state index in [1.165, 1.54) is 12.3 Å². The van der Waals surface area contributed by atoms with Crippen LogP contribution in [0, 0.1) is 0 Å². The van der Waals surface area contributed by atoms with Crippen LogP contribution < -0.4 is 15.4 Å². The Morgan fingerprint density at radius 1 is 1.40 bits per heavy atom. The number of halogens is 3. The molecule has 1 aromatic rings. The van der Waals surface area contributed by atoms with E-state index < -0.39 is 18.8 Å². The molecule has 0 saturated carbocycles. The highest BCUT2D eigenvalue weighted by molar-refractivity contribution is 5.73. The summed E-state index contributed by atoms with van der Waals surface area (Å²) in [4.78, 5) is 14.9. The minimum absolute atomic E-state index is 0.0209. The number of urea groups is 1. The predicted molar refractivity (Wildman–Crippen MR) is 63.1 cm³/mol. The summed E-state index contributed by atoms with van der Waals surface area (Å²) in [5, 5.41) is 13.3. The number of amides is 2. The molecule has 112 valence electrons. The Hall–Kier alpha value is -2.03. The largest absolute Gasteiger partial charge is 0.482 e. The molecule has 0 aliphatic heterocycles. The molecule has 3 N–H and O–H groups in total. The maximum absolute atomic E-state index is 12.1. The van der Waals surface area contributed by atoms with Crippen molar-refractivity contribution in [3.63, 3.8) is 0 Å². The molecule has 0 bridgehead atoms. The summed E-state index contributed by atoms with van der Waals surface area (Å²) in [7, 11) is 0. The summed E-state index contributed by atoms with van der Waals surface area (Å²) in [6.45, 7) is -1.57. The number of carbonyl (C=O) groups excluding carboxylic acids is 1. The summed E-state index contributed by atoms with van der Waals surface area (Å²) < 4.78 is 40.8. The molecule has 20 heavy (non-hydrogen) atoms. The van der Waals surface area contributed by atoms with Gasteiger partial charge in [0.1, 0.15) is 5.75 Å². The van der Waals surface area contributed by atoms with Crippen LogP contribution in [0.1, 0.15) is 5.56 Å². The fourth-order valence-corrected chi connectivity index (χ4v) is 1.25. The zero-order chi connectivity index (χ0) is 15.0. The second-order valence-corrected chi connectivity index (χ2v) is 3.72. The van der Waals surface area contributed by atoms with E-state index in [9.17, 15) is 18.0 Å². The van der Waals surface area contributed by atoms with E-state index in [4.69, 9.17) is 5.11 Å². The van der Waals surface area contributed by atoms with E-state index in [2.05, 4.69) is 20.4 Å². The van der Waals surface area contributed by atoms with Gasteiger partial charge in [0.15, 0.2) is 6.61 Å². The number of hydrogen-bond donors (Lipinski definition) is 3. The van der Waals surface area contributed by atoms with Crippen molar-refractivity contribution in [1.82, 2.24) is 15.6 Å². The maximum atomic E-state index is 12.1. The van der Waals surface area contributed by atoms with Crippen LogP contribution in [0.3, 0.4) is 0 Å². The first-order valence-electron chi connectivity index (χ1n) is 5.67. The Morgan fingerprint density at radius 3 is 2.80 bits per heavy atom. The Balaban J connectivity index is 2.55. The molecule has 1 rings (SSSR count). The van der Waals surface area contributed by atoms with Gasteiger partial charge in [-0.25, -0.2) is 4.79 Å². The van der Waals surface area contributed by atoms with Crippen LogP contribution in [0.2, 0.25) is 0 Å². The Bertz CT molecular complexity index is 440. The number of pyridine rings is 1. The molecule has 0 radical (unpaired) electrons. The smallest absolute Gasteiger partial charge is 0.422 e. The molecule has 1 aromatic heterocycles. The Morgan fingerprint density at radius 2 is 2.15 bits per heavy atom. The highest BCUT2D eigenvalue weighted by Crippen LogP contribution is 2.21. The normalized spacial score (nSPS) is 11.0. The van der Waals surface area contributed by atoms with Gasteiger partial charge in [-0.1, -0.05) is 0 Å². The van der Waals surface area contributed by atoms with Gasteiger partial charge in [-0.15, -0.1) is 0 Å². The number of aromatic nitrogens is 1. The lowest BCUT2D eigenvalue weighted by Gasteiger charge is -2.13. The SMILES string of the molecule is O=C(NCCO)NCc1ccncc1OCC(F)(F)F. The van der Waals surface area contributed by atoms with Crippen LogP contribution in [-0.4, -0.2) is 42.1 Å². The van der Waals surface area contributed by atoms with E-state index >= 15 is 0 Å². The number of aliphatic hydroxyl groups is 1. The number of nitrogens with zero attached hydrogens (tertiary/aromatic N) is 1. The van der Waals surface area contributed by atoms with Crippen molar-refractivity contribution < 1.29 is 27.8 Å². The molecule has 0 aliphatic carbocycles. The van der Waals surface area contributed by atoms with Gasteiger partial charge in [-0.3, -0.25) is 4.98 Å². The summed E-state index contributed by atoms with van der Waals surface area (Å²) in [5.41, 5.74) is 0.364. The maximum Gasteiger partial charge on any atom is 0.422 e. The van der Waals surface area contributed by atoms with Gasteiger partial charge < -0.3 is 20.5 Å². The fourth-order valence-electron chi connectivity index (χ4n) is 1.25. The second-order valence-electron chi connectivity index (χ2n) is 3.72. The molecule has 0 fully saturated rings. The quantitative estimate of drug-likeness (QED) is 0.725. The first-order chi connectivity index (χ1) is 9.42. The number of nitrogens with one attached hydrogen (secondary N) is 2. The van der Waals surface area contributed by atoms with E-state index in [1.54, 1.807) is 0 Å². The standard InChI is InChI=1S/C11H14F3N3O3/c12-11(13,14)7-20-9-6-15-2-1-8(9)5-17-10(19)16-3-4-18/h1-2,6,18H,3-5,7H2,(H2,16,17,19). The van der Waals surface area contributed by atoms with E-state index in [0.29, 0.717) is 5.56 Å². The summed E-state index contributed by atoms with van der Waals surface area (Å²) in [5.74, 6) is -0.0488. The number of hydrogen-bond acceptors (Lipinski definition) is 4.